The van der Waals surface area contributed by atoms with Crippen LogP contribution in [0.15, 0.2) is 21.6 Å². The average Bonchev–Trinajstić information content (AvgIpc) is 3.13. The van der Waals surface area contributed by atoms with Crippen LogP contribution in [-0.2, 0) is 16.6 Å². The topological polar surface area (TPSA) is 65.8 Å². The van der Waals surface area contributed by atoms with E-state index in [0.717, 1.165) is 13.1 Å². The summed E-state index contributed by atoms with van der Waals surface area (Å²) < 4.78 is 31.9. The van der Waals surface area contributed by atoms with Crippen LogP contribution in [-0.4, -0.2) is 56.9 Å². The minimum Gasteiger partial charge on any atom is -0.447 e. The van der Waals surface area contributed by atoms with E-state index < -0.39 is 10.0 Å². The highest BCUT2D eigenvalue weighted by Crippen LogP contribution is 2.22. The van der Waals surface area contributed by atoms with E-state index in [1.54, 1.807) is 12.1 Å². The van der Waals surface area contributed by atoms with E-state index in [0.29, 0.717) is 31.4 Å². The lowest BCUT2D eigenvalue weighted by atomic mass is 10.4. The van der Waals surface area contributed by atoms with Crippen molar-refractivity contribution >= 4 is 10.0 Å². The van der Waals surface area contributed by atoms with Gasteiger partial charge in [-0.2, -0.15) is 4.31 Å². The van der Waals surface area contributed by atoms with Gasteiger partial charge in [-0.05, 0) is 32.0 Å². The fraction of sp³-hybridized carbons (Fsp3) is 0.692. The van der Waals surface area contributed by atoms with Gasteiger partial charge in [-0.25, -0.2) is 8.42 Å². The van der Waals surface area contributed by atoms with Crippen molar-refractivity contribution in [1.82, 2.24) is 14.5 Å². The van der Waals surface area contributed by atoms with Gasteiger partial charge < -0.3 is 14.6 Å². The summed E-state index contributed by atoms with van der Waals surface area (Å²) in [6, 6.07) is 3.90. The molecule has 0 bridgehead atoms. The third kappa shape index (κ3) is 3.06. The Hall–Kier alpha value is -0.890. The zero-order chi connectivity index (χ0) is 14.2. The lowest BCUT2D eigenvalue weighted by Gasteiger charge is -2.30. The molecule has 3 rings (SSSR count). The summed E-state index contributed by atoms with van der Waals surface area (Å²) in [5, 5.41) is 3.38. The van der Waals surface area contributed by atoms with E-state index in [1.807, 2.05) is 7.05 Å². The molecule has 7 heteroatoms. The van der Waals surface area contributed by atoms with E-state index >= 15 is 0 Å². The monoisotopic (exact) mass is 299 g/mol. The molecule has 0 unspecified atom stereocenters. The smallest absolute Gasteiger partial charge is 0.276 e. The second kappa shape index (κ2) is 5.48. The first kappa shape index (κ1) is 14.1. The van der Waals surface area contributed by atoms with Crippen molar-refractivity contribution in [2.45, 2.75) is 30.5 Å². The largest absolute Gasteiger partial charge is 0.447 e. The number of nitrogens with one attached hydrogen (secondary N) is 1. The molecule has 2 fully saturated rings. The molecule has 20 heavy (non-hydrogen) atoms. The Labute approximate surface area is 119 Å². The van der Waals surface area contributed by atoms with Crippen molar-refractivity contribution in [2.24, 2.45) is 0 Å². The van der Waals surface area contributed by atoms with Crippen molar-refractivity contribution < 1.29 is 12.8 Å². The normalized spacial score (nSPS) is 22.2. The standard InChI is InChI=1S/C13H21N3O3S/c1-15-6-8-16(9-7-15)20(17,18)13-5-4-12(19-13)10-14-11-2-3-11/h4-5,11,14H,2-3,6-10H2,1H3. The number of nitrogens with zero attached hydrogens (tertiary/aromatic N) is 2. The summed E-state index contributed by atoms with van der Waals surface area (Å²) in [5.74, 6) is 0.685. The van der Waals surface area contributed by atoms with Gasteiger partial charge in [-0.15, -0.1) is 0 Å². The molecule has 1 aromatic rings. The second-order valence-corrected chi connectivity index (χ2v) is 7.45. The predicted octanol–water partition coefficient (Wildman–Crippen LogP) is 0.468. The highest BCUT2D eigenvalue weighted by Gasteiger charge is 2.30. The number of furan rings is 1. The fourth-order valence-corrected chi connectivity index (χ4v) is 3.63. The van der Waals surface area contributed by atoms with Crippen LogP contribution in [0, 0.1) is 0 Å². The van der Waals surface area contributed by atoms with Crippen molar-refractivity contribution in [2.75, 3.05) is 33.2 Å². The molecule has 1 aliphatic heterocycles. The van der Waals surface area contributed by atoms with Crippen LogP contribution in [0.3, 0.4) is 0 Å². The average molecular weight is 299 g/mol. The predicted molar refractivity (Wildman–Crippen MR) is 74.8 cm³/mol. The first-order valence-electron chi connectivity index (χ1n) is 7.06. The molecule has 1 aliphatic carbocycles. The highest BCUT2D eigenvalue weighted by atomic mass is 32.2. The van der Waals surface area contributed by atoms with Gasteiger partial charge >= 0.3 is 0 Å². The van der Waals surface area contributed by atoms with Crippen molar-refractivity contribution in [3.05, 3.63) is 17.9 Å². The molecule has 0 spiro atoms. The third-order valence-electron chi connectivity index (χ3n) is 3.84. The van der Waals surface area contributed by atoms with Crippen LogP contribution in [0.2, 0.25) is 0 Å². The lowest BCUT2D eigenvalue weighted by Crippen LogP contribution is -2.46. The van der Waals surface area contributed by atoms with E-state index in [9.17, 15) is 8.42 Å². The molecule has 112 valence electrons. The molecule has 0 radical (unpaired) electrons. The molecular weight excluding hydrogens is 278 g/mol. The van der Waals surface area contributed by atoms with Gasteiger partial charge in [-0.3, -0.25) is 0 Å². The minimum atomic E-state index is -3.48. The van der Waals surface area contributed by atoms with Gasteiger partial charge in [0.2, 0.25) is 5.09 Å². The maximum Gasteiger partial charge on any atom is 0.276 e. The Balaban J connectivity index is 1.67. The molecule has 1 aromatic heterocycles. The third-order valence-corrected chi connectivity index (χ3v) is 5.61. The quantitative estimate of drug-likeness (QED) is 0.856. The lowest BCUT2D eigenvalue weighted by molar-refractivity contribution is 0.219. The molecule has 2 aliphatic rings. The summed E-state index contributed by atoms with van der Waals surface area (Å²) in [6.07, 6.45) is 2.40. The SMILES string of the molecule is CN1CCN(S(=O)(=O)c2ccc(CNC3CC3)o2)CC1. The second-order valence-electron chi connectivity index (χ2n) is 5.58. The first-order valence-corrected chi connectivity index (χ1v) is 8.50. The fourth-order valence-electron chi connectivity index (χ4n) is 2.28. The van der Waals surface area contributed by atoms with Gasteiger partial charge in [-0.1, -0.05) is 0 Å². The summed E-state index contributed by atoms with van der Waals surface area (Å²) in [4.78, 5) is 2.12. The van der Waals surface area contributed by atoms with Crippen LogP contribution in [0.5, 0.6) is 0 Å². The van der Waals surface area contributed by atoms with Crippen LogP contribution < -0.4 is 5.32 Å². The van der Waals surface area contributed by atoms with Crippen molar-refractivity contribution in [1.29, 1.82) is 0 Å². The van der Waals surface area contributed by atoms with Gasteiger partial charge in [0.15, 0.2) is 0 Å². The molecule has 1 N–H and O–H groups in total. The maximum absolute atomic E-state index is 12.5. The zero-order valence-electron chi connectivity index (χ0n) is 11.7. The Bertz CT molecular complexity index is 557. The molecule has 6 nitrogen and oxygen atoms in total. The number of rotatable bonds is 5. The van der Waals surface area contributed by atoms with Crippen molar-refractivity contribution in [3.8, 4) is 0 Å². The number of hydrogen-bond donors (Lipinski definition) is 1. The van der Waals surface area contributed by atoms with E-state index in [1.165, 1.54) is 17.1 Å². The van der Waals surface area contributed by atoms with Gasteiger partial charge in [0, 0.05) is 32.2 Å². The number of piperazine rings is 1. The molecule has 2 heterocycles. The Morgan fingerprint density at radius 1 is 1.25 bits per heavy atom. The Kier molecular flexibility index (Phi) is 3.85. The maximum atomic E-state index is 12.5. The van der Waals surface area contributed by atoms with Gasteiger partial charge in [0.25, 0.3) is 10.0 Å². The zero-order valence-corrected chi connectivity index (χ0v) is 12.5. The van der Waals surface area contributed by atoms with Crippen LogP contribution in [0.4, 0.5) is 0 Å². The number of likely N-dealkylation sites (N-methyl/N-ethyl adjacent to an activating group) is 1. The Morgan fingerprint density at radius 2 is 1.95 bits per heavy atom. The summed E-state index contributed by atoms with van der Waals surface area (Å²) >= 11 is 0. The Morgan fingerprint density at radius 3 is 2.60 bits per heavy atom. The minimum absolute atomic E-state index is 0.0645. The van der Waals surface area contributed by atoms with Crippen LogP contribution >= 0.6 is 0 Å². The number of hydrogen-bond acceptors (Lipinski definition) is 5. The summed E-state index contributed by atoms with van der Waals surface area (Å²) in [6.45, 7) is 3.17. The molecule has 0 aromatic carbocycles. The van der Waals surface area contributed by atoms with Crippen LogP contribution in [0.1, 0.15) is 18.6 Å². The molecule has 0 amide bonds. The van der Waals surface area contributed by atoms with E-state index in [4.69, 9.17) is 4.42 Å². The van der Waals surface area contributed by atoms with E-state index in [2.05, 4.69) is 10.2 Å². The van der Waals surface area contributed by atoms with Crippen molar-refractivity contribution in [3.63, 3.8) is 0 Å². The van der Waals surface area contributed by atoms with Crippen LogP contribution in [0.25, 0.3) is 0 Å². The van der Waals surface area contributed by atoms with Gasteiger partial charge in [0.05, 0.1) is 6.54 Å². The van der Waals surface area contributed by atoms with E-state index in [-0.39, 0.29) is 5.09 Å². The highest BCUT2D eigenvalue weighted by molar-refractivity contribution is 7.89. The molecule has 1 saturated carbocycles. The summed E-state index contributed by atoms with van der Waals surface area (Å²) in [5.41, 5.74) is 0. The first-order chi connectivity index (χ1) is 9.55. The summed E-state index contributed by atoms with van der Waals surface area (Å²) in [7, 11) is -1.48. The van der Waals surface area contributed by atoms with Gasteiger partial charge in [0.1, 0.15) is 5.76 Å². The number of sulfonamides is 1. The molecule has 0 atom stereocenters. The molecule has 1 saturated heterocycles. The molecular formula is C13H21N3O3S.